The molecule has 3 heteroatoms. The van der Waals surface area contributed by atoms with Gasteiger partial charge >= 0.3 is 0 Å². The zero-order valence-electron chi connectivity index (χ0n) is 10.8. The van der Waals surface area contributed by atoms with E-state index in [1.807, 2.05) is 6.92 Å². The number of hydrogen-bond donors (Lipinski definition) is 0. The molecule has 2 unspecified atom stereocenters. The molecule has 0 rings (SSSR count). The van der Waals surface area contributed by atoms with Gasteiger partial charge in [-0.25, -0.2) is 0 Å². The van der Waals surface area contributed by atoms with Crippen molar-refractivity contribution in [3.05, 3.63) is 0 Å². The molecule has 0 spiro atoms. The molecule has 0 aromatic carbocycles. The number of alkyl halides is 2. The summed E-state index contributed by atoms with van der Waals surface area (Å²) in [5.74, 6) is 0. The highest BCUT2D eigenvalue weighted by molar-refractivity contribution is 6.44. The first kappa shape index (κ1) is 16.5. The monoisotopic (exact) mass is 268 g/mol. The lowest BCUT2D eigenvalue weighted by Crippen LogP contribution is -2.24. The van der Waals surface area contributed by atoms with Gasteiger partial charge in [0.15, 0.2) is 0 Å². The smallest absolute Gasteiger partial charge is 0.133 e. The summed E-state index contributed by atoms with van der Waals surface area (Å²) in [6.07, 6.45) is 8.97. The molecule has 0 aliphatic carbocycles. The van der Waals surface area contributed by atoms with Gasteiger partial charge in [-0.15, -0.1) is 23.2 Å². The predicted molar refractivity (Wildman–Crippen MR) is 73.5 cm³/mol. The minimum Gasteiger partial charge on any atom is -0.372 e. The minimum absolute atomic E-state index is 0.0658. The van der Waals surface area contributed by atoms with Gasteiger partial charge in [-0.2, -0.15) is 0 Å². The van der Waals surface area contributed by atoms with Crippen molar-refractivity contribution in [3.8, 4) is 0 Å². The van der Waals surface area contributed by atoms with Crippen molar-refractivity contribution in [1.82, 2.24) is 0 Å². The molecule has 0 saturated heterocycles. The Bertz CT molecular complexity index is 151. The maximum atomic E-state index is 5.80. The van der Waals surface area contributed by atoms with Crippen LogP contribution in [-0.2, 0) is 4.74 Å². The number of rotatable bonds is 10. The Labute approximate surface area is 111 Å². The predicted octanol–water partition coefficient (Wildman–Crippen LogP) is 5.33. The van der Waals surface area contributed by atoms with Gasteiger partial charge in [0.2, 0.25) is 0 Å². The maximum Gasteiger partial charge on any atom is 0.133 e. The molecule has 0 amide bonds. The lowest BCUT2D eigenvalue weighted by molar-refractivity contribution is -0.00270. The molecule has 2 atom stereocenters. The molecular weight excluding hydrogens is 243 g/mol. The van der Waals surface area contributed by atoms with E-state index >= 15 is 0 Å². The molecule has 1 nitrogen and oxygen atoms in total. The molecule has 0 saturated carbocycles. The number of hydrogen-bond acceptors (Lipinski definition) is 1. The maximum absolute atomic E-state index is 5.80. The fraction of sp³-hybridized carbons (Fsp3) is 1.00. The van der Waals surface area contributed by atoms with Crippen LogP contribution in [-0.4, -0.2) is 17.0 Å². The van der Waals surface area contributed by atoms with Crippen molar-refractivity contribution in [2.24, 2.45) is 0 Å². The van der Waals surface area contributed by atoms with E-state index in [9.17, 15) is 0 Å². The number of ether oxygens (including phenoxy) is 1. The van der Waals surface area contributed by atoms with Crippen LogP contribution in [0.15, 0.2) is 0 Å². The van der Waals surface area contributed by atoms with Crippen LogP contribution in [0.25, 0.3) is 0 Å². The molecule has 0 radical (unpaired) electrons. The summed E-state index contributed by atoms with van der Waals surface area (Å²) in [4.78, 5) is -0.422. The van der Waals surface area contributed by atoms with Crippen LogP contribution in [0.1, 0.15) is 65.7 Å². The summed E-state index contributed by atoms with van der Waals surface area (Å²) in [5, 5.41) is 0. The summed E-state index contributed by atoms with van der Waals surface area (Å²) in [7, 11) is 0. The van der Waals surface area contributed by atoms with Gasteiger partial charge < -0.3 is 4.74 Å². The Morgan fingerprint density at radius 3 is 2.12 bits per heavy atom. The first-order chi connectivity index (χ1) is 7.61. The molecule has 0 fully saturated rings. The second-order valence-corrected chi connectivity index (χ2v) is 5.57. The van der Waals surface area contributed by atoms with Gasteiger partial charge in [0.05, 0.1) is 12.2 Å². The summed E-state index contributed by atoms with van der Waals surface area (Å²) < 4.78 is 5.80. The molecule has 98 valence electrons. The normalized spacial score (nSPS) is 15.4. The molecule has 0 aromatic heterocycles. The van der Waals surface area contributed by atoms with Crippen molar-refractivity contribution in [2.75, 3.05) is 0 Å². The summed E-state index contributed by atoms with van der Waals surface area (Å²) in [6.45, 7) is 6.33. The highest BCUT2D eigenvalue weighted by Crippen LogP contribution is 2.18. The Morgan fingerprint density at radius 2 is 1.62 bits per heavy atom. The largest absolute Gasteiger partial charge is 0.372 e. The summed E-state index contributed by atoms with van der Waals surface area (Å²) in [6, 6.07) is 0. The van der Waals surface area contributed by atoms with Crippen molar-refractivity contribution in [3.63, 3.8) is 0 Å². The molecule has 0 aromatic rings. The van der Waals surface area contributed by atoms with Gasteiger partial charge in [-0.05, 0) is 19.8 Å². The van der Waals surface area contributed by atoms with E-state index in [4.69, 9.17) is 27.9 Å². The second-order valence-electron chi connectivity index (χ2n) is 4.41. The summed E-state index contributed by atoms with van der Waals surface area (Å²) in [5.41, 5.74) is 0. The molecular formula is C13H26Cl2O. The third-order valence-electron chi connectivity index (χ3n) is 2.85. The van der Waals surface area contributed by atoms with E-state index in [1.165, 1.54) is 32.1 Å². The van der Waals surface area contributed by atoms with Crippen LogP contribution in [0.4, 0.5) is 0 Å². The van der Waals surface area contributed by atoms with Crippen LogP contribution >= 0.6 is 23.2 Å². The highest BCUT2D eigenvalue weighted by Gasteiger charge is 2.16. The first-order valence-electron chi connectivity index (χ1n) is 6.55. The third kappa shape index (κ3) is 8.66. The molecule has 0 aliphatic rings. The number of unbranched alkanes of at least 4 members (excludes halogenated alkanes) is 4. The van der Waals surface area contributed by atoms with Crippen LogP contribution < -0.4 is 0 Å². The lowest BCUT2D eigenvalue weighted by Gasteiger charge is -2.22. The minimum atomic E-state index is -0.422. The Balaban J connectivity index is 3.58. The fourth-order valence-corrected chi connectivity index (χ4v) is 1.83. The van der Waals surface area contributed by atoms with Crippen molar-refractivity contribution in [2.45, 2.75) is 82.8 Å². The van der Waals surface area contributed by atoms with Gasteiger partial charge in [0, 0.05) is 0 Å². The van der Waals surface area contributed by atoms with Crippen molar-refractivity contribution >= 4 is 23.2 Å². The van der Waals surface area contributed by atoms with Crippen LogP contribution in [0, 0.1) is 0 Å². The molecule has 0 bridgehead atoms. The van der Waals surface area contributed by atoms with E-state index in [-0.39, 0.29) is 6.10 Å². The molecule has 0 heterocycles. The van der Waals surface area contributed by atoms with E-state index in [1.54, 1.807) is 0 Å². The average molecular weight is 269 g/mol. The first-order valence-corrected chi connectivity index (χ1v) is 7.42. The zero-order valence-corrected chi connectivity index (χ0v) is 12.4. The summed E-state index contributed by atoms with van der Waals surface area (Å²) >= 11 is 11.5. The zero-order chi connectivity index (χ0) is 12.4. The lowest BCUT2D eigenvalue weighted by atomic mass is 10.1. The van der Waals surface area contributed by atoms with E-state index < -0.39 is 4.84 Å². The topological polar surface area (TPSA) is 9.23 Å². The highest BCUT2D eigenvalue weighted by atomic mass is 35.5. The second kappa shape index (κ2) is 10.7. The van der Waals surface area contributed by atoms with Crippen LogP contribution in [0.2, 0.25) is 0 Å². The van der Waals surface area contributed by atoms with Gasteiger partial charge in [-0.1, -0.05) is 46.0 Å². The quantitative estimate of drug-likeness (QED) is 0.384. The fourth-order valence-electron chi connectivity index (χ4n) is 1.71. The standard InChI is InChI=1S/C13H26Cl2O/c1-4-6-7-8-9-10-12(5-2)16-11(3)13(14)15/h11-13H,4-10H2,1-3H3. The third-order valence-corrected chi connectivity index (χ3v) is 3.56. The molecule has 16 heavy (non-hydrogen) atoms. The van der Waals surface area contributed by atoms with Crippen LogP contribution in [0.5, 0.6) is 0 Å². The Kier molecular flexibility index (Phi) is 11.0. The van der Waals surface area contributed by atoms with Gasteiger partial charge in [0.1, 0.15) is 4.84 Å². The van der Waals surface area contributed by atoms with Crippen molar-refractivity contribution in [1.29, 1.82) is 0 Å². The van der Waals surface area contributed by atoms with E-state index in [2.05, 4.69) is 13.8 Å². The Morgan fingerprint density at radius 1 is 1.00 bits per heavy atom. The van der Waals surface area contributed by atoms with E-state index in [0.29, 0.717) is 6.10 Å². The number of halogens is 2. The Hall–Kier alpha value is 0.540. The van der Waals surface area contributed by atoms with Crippen LogP contribution in [0.3, 0.4) is 0 Å². The average Bonchev–Trinajstić information content (AvgIpc) is 2.26. The van der Waals surface area contributed by atoms with E-state index in [0.717, 1.165) is 12.8 Å². The SMILES string of the molecule is CCCCCCCC(CC)OC(C)C(Cl)Cl. The van der Waals surface area contributed by atoms with Gasteiger partial charge in [0.25, 0.3) is 0 Å². The molecule has 0 N–H and O–H groups in total. The molecule has 0 aliphatic heterocycles. The van der Waals surface area contributed by atoms with Crippen molar-refractivity contribution < 1.29 is 4.74 Å². The van der Waals surface area contributed by atoms with Gasteiger partial charge in [-0.3, -0.25) is 0 Å².